The van der Waals surface area contributed by atoms with Crippen LogP contribution < -0.4 is 0 Å². The molecule has 1 spiro atoms. The molecular formula is C35H57NO5. The molecule has 4 N–H and O–H groups in total. The lowest BCUT2D eigenvalue weighted by Gasteiger charge is -2.32. The third kappa shape index (κ3) is 9.00. The molecule has 1 aliphatic heterocycles. The standard InChI is InChI=1S/C35H57NO5/c1-2-3-5-10-26-13-14-28(32(38)22-26)11-6-4-7-12-30(33(39)40)31(37)15-19-35(41)23-29(21-27-16-20-36-24-27)34(25-35)17-8-9-18-34/h13-14,16,24,26,28-32,37-38,41H,2-12,15,17-23,25H2,1H3,(H,39,40). The van der Waals surface area contributed by atoms with Crippen molar-refractivity contribution >= 4 is 12.2 Å². The maximum atomic E-state index is 12.1. The van der Waals surface area contributed by atoms with E-state index in [9.17, 15) is 25.2 Å². The van der Waals surface area contributed by atoms with Crippen molar-refractivity contribution in [3.8, 4) is 0 Å². The molecule has 3 aliphatic carbocycles. The third-order valence-electron chi connectivity index (χ3n) is 11.1. The summed E-state index contributed by atoms with van der Waals surface area (Å²) in [4.78, 5) is 16.4. The van der Waals surface area contributed by atoms with Gasteiger partial charge in [-0.05, 0) is 93.5 Å². The van der Waals surface area contributed by atoms with E-state index in [4.69, 9.17) is 0 Å². The molecular weight excluding hydrogens is 514 g/mol. The Morgan fingerprint density at radius 3 is 2.54 bits per heavy atom. The summed E-state index contributed by atoms with van der Waals surface area (Å²) in [5.41, 5.74) is 0.649. The largest absolute Gasteiger partial charge is 0.481 e. The van der Waals surface area contributed by atoms with Crippen molar-refractivity contribution in [2.24, 2.45) is 34.1 Å². The van der Waals surface area contributed by atoms with E-state index >= 15 is 0 Å². The summed E-state index contributed by atoms with van der Waals surface area (Å²) in [6, 6.07) is 0. The van der Waals surface area contributed by atoms with Gasteiger partial charge in [0.15, 0.2) is 0 Å². The molecule has 0 aromatic rings. The molecule has 0 aromatic carbocycles. The Morgan fingerprint density at radius 1 is 1.07 bits per heavy atom. The van der Waals surface area contributed by atoms with E-state index in [0.29, 0.717) is 31.1 Å². The maximum Gasteiger partial charge on any atom is 0.309 e. The third-order valence-corrected chi connectivity index (χ3v) is 11.1. The molecule has 232 valence electrons. The molecule has 2 saturated carbocycles. The molecule has 0 amide bonds. The van der Waals surface area contributed by atoms with Crippen molar-refractivity contribution in [3.63, 3.8) is 0 Å². The topological polar surface area (TPSA) is 110 Å². The fourth-order valence-electron chi connectivity index (χ4n) is 8.67. The number of nitrogens with zero attached hydrogens (tertiary/aromatic N) is 1. The van der Waals surface area contributed by atoms with Crippen LogP contribution in [0.4, 0.5) is 0 Å². The van der Waals surface area contributed by atoms with Crippen LogP contribution in [-0.4, -0.2) is 57.0 Å². The monoisotopic (exact) mass is 571 g/mol. The number of hydrogen-bond acceptors (Lipinski definition) is 5. The number of aliphatic hydroxyl groups is 3. The first-order valence-corrected chi connectivity index (χ1v) is 16.9. The molecule has 2 fully saturated rings. The van der Waals surface area contributed by atoms with Crippen molar-refractivity contribution in [1.82, 2.24) is 0 Å². The van der Waals surface area contributed by atoms with Gasteiger partial charge in [0, 0.05) is 12.1 Å². The van der Waals surface area contributed by atoms with Gasteiger partial charge in [0.25, 0.3) is 0 Å². The number of allylic oxidation sites excluding steroid dienone is 2. The van der Waals surface area contributed by atoms with Crippen molar-refractivity contribution in [2.45, 2.75) is 147 Å². The second-order valence-corrected chi connectivity index (χ2v) is 14.1. The Kier molecular flexibility index (Phi) is 12.1. The first-order chi connectivity index (χ1) is 19.7. The fraction of sp³-hybridized carbons (Fsp3) is 0.829. The van der Waals surface area contributed by atoms with E-state index in [0.717, 1.165) is 70.8 Å². The highest BCUT2D eigenvalue weighted by molar-refractivity contribution is 5.80. The molecule has 0 saturated heterocycles. The number of rotatable bonds is 17. The van der Waals surface area contributed by atoms with Crippen LogP contribution in [0, 0.1) is 29.1 Å². The summed E-state index contributed by atoms with van der Waals surface area (Å²) in [7, 11) is 0. The highest BCUT2D eigenvalue weighted by Gasteiger charge is 2.54. The van der Waals surface area contributed by atoms with Gasteiger partial charge in [-0.1, -0.05) is 76.5 Å². The second-order valence-electron chi connectivity index (χ2n) is 14.1. The first kappa shape index (κ1) is 32.4. The Balaban J connectivity index is 1.19. The summed E-state index contributed by atoms with van der Waals surface area (Å²) in [6.07, 6.45) is 25.3. The van der Waals surface area contributed by atoms with Crippen molar-refractivity contribution in [3.05, 3.63) is 23.8 Å². The fourth-order valence-corrected chi connectivity index (χ4v) is 8.67. The van der Waals surface area contributed by atoms with E-state index < -0.39 is 23.6 Å². The van der Waals surface area contributed by atoms with Gasteiger partial charge in [-0.25, -0.2) is 0 Å². The average molecular weight is 572 g/mol. The van der Waals surface area contributed by atoms with E-state index in [1.165, 1.54) is 44.1 Å². The van der Waals surface area contributed by atoms with Gasteiger partial charge >= 0.3 is 5.97 Å². The van der Waals surface area contributed by atoms with Crippen LogP contribution >= 0.6 is 0 Å². The molecule has 41 heavy (non-hydrogen) atoms. The van der Waals surface area contributed by atoms with E-state index in [1.54, 1.807) is 0 Å². The molecule has 7 atom stereocenters. The van der Waals surface area contributed by atoms with Crippen molar-refractivity contribution < 1.29 is 25.2 Å². The summed E-state index contributed by atoms with van der Waals surface area (Å²) in [5.74, 6) is -0.590. The van der Waals surface area contributed by atoms with Crippen LogP contribution in [0.3, 0.4) is 0 Å². The zero-order valence-electron chi connectivity index (χ0n) is 25.6. The van der Waals surface area contributed by atoms with Gasteiger partial charge in [-0.3, -0.25) is 9.79 Å². The quantitative estimate of drug-likeness (QED) is 0.111. The van der Waals surface area contributed by atoms with Crippen LogP contribution in [-0.2, 0) is 4.79 Å². The molecule has 1 heterocycles. The van der Waals surface area contributed by atoms with Crippen LogP contribution in [0.15, 0.2) is 28.8 Å². The number of unbranched alkanes of at least 4 members (excludes halogenated alkanes) is 4. The van der Waals surface area contributed by atoms with Crippen molar-refractivity contribution in [2.75, 3.05) is 6.54 Å². The lowest BCUT2D eigenvalue weighted by atomic mass is 9.73. The Hall–Kier alpha value is -1.50. The molecule has 0 bridgehead atoms. The van der Waals surface area contributed by atoms with Crippen LogP contribution in [0.5, 0.6) is 0 Å². The maximum absolute atomic E-state index is 12.1. The molecule has 4 aliphatic rings. The summed E-state index contributed by atoms with van der Waals surface area (Å²) >= 11 is 0. The number of aliphatic imine (C=N–C) groups is 1. The van der Waals surface area contributed by atoms with Crippen LogP contribution in [0.1, 0.15) is 129 Å². The van der Waals surface area contributed by atoms with Gasteiger partial charge in [0.1, 0.15) is 0 Å². The Labute approximate surface area is 248 Å². The minimum absolute atomic E-state index is 0.181. The predicted molar refractivity (Wildman–Crippen MR) is 165 cm³/mol. The molecule has 6 heteroatoms. The second kappa shape index (κ2) is 15.3. The Morgan fingerprint density at radius 2 is 1.85 bits per heavy atom. The highest BCUT2D eigenvalue weighted by Crippen LogP contribution is 2.60. The predicted octanol–water partition coefficient (Wildman–Crippen LogP) is 7.01. The highest BCUT2D eigenvalue weighted by atomic mass is 16.4. The van der Waals surface area contributed by atoms with E-state index in [2.05, 4.69) is 30.1 Å². The number of carboxylic acids is 1. The molecule has 4 rings (SSSR count). The zero-order chi connectivity index (χ0) is 29.3. The summed E-state index contributed by atoms with van der Waals surface area (Å²) in [6.45, 7) is 2.98. The van der Waals surface area contributed by atoms with E-state index in [1.807, 2.05) is 6.21 Å². The summed E-state index contributed by atoms with van der Waals surface area (Å²) < 4.78 is 0. The normalized spacial score (nSPS) is 32.0. The number of hydrogen-bond donors (Lipinski definition) is 4. The number of aliphatic hydroxyl groups excluding tert-OH is 2. The minimum Gasteiger partial charge on any atom is -0.481 e. The lowest BCUT2D eigenvalue weighted by molar-refractivity contribution is -0.146. The zero-order valence-corrected chi connectivity index (χ0v) is 25.6. The number of aliphatic carboxylic acids is 1. The average Bonchev–Trinajstić information content (AvgIpc) is 3.68. The van der Waals surface area contributed by atoms with Gasteiger partial charge in [0.2, 0.25) is 0 Å². The molecule has 0 radical (unpaired) electrons. The first-order valence-electron chi connectivity index (χ1n) is 16.9. The summed E-state index contributed by atoms with van der Waals surface area (Å²) in [5, 5.41) is 43.1. The molecule has 6 nitrogen and oxygen atoms in total. The molecule has 7 unspecified atom stereocenters. The van der Waals surface area contributed by atoms with Gasteiger partial charge < -0.3 is 20.4 Å². The minimum atomic E-state index is -0.937. The Bertz CT molecular complexity index is 922. The van der Waals surface area contributed by atoms with Crippen LogP contribution in [0.2, 0.25) is 0 Å². The van der Waals surface area contributed by atoms with Gasteiger partial charge in [-0.15, -0.1) is 0 Å². The lowest BCUT2D eigenvalue weighted by Crippen LogP contribution is -2.33. The number of carboxylic acid groups (broad SMARTS) is 1. The number of carbonyl (C=O) groups is 1. The van der Waals surface area contributed by atoms with Gasteiger partial charge in [-0.2, -0.15) is 0 Å². The van der Waals surface area contributed by atoms with Crippen molar-refractivity contribution in [1.29, 1.82) is 0 Å². The smallest absolute Gasteiger partial charge is 0.309 e. The van der Waals surface area contributed by atoms with Crippen LogP contribution in [0.25, 0.3) is 0 Å². The SMILES string of the molecule is CCCCCC1C=CC(CCCCCC(C(=O)O)C(O)CCC2(O)CC(CC3=CCN=C3)C3(CCCC3)C2)C(O)C1. The molecule has 0 aromatic heterocycles. The van der Waals surface area contributed by atoms with Gasteiger partial charge in [0.05, 0.1) is 30.3 Å². The van der Waals surface area contributed by atoms with E-state index in [-0.39, 0.29) is 17.4 Å².